The van der Waals surface area contributed by atoms with E-state index in [1.807, 2.05) is 0 Å². The zero-order valence-electron chi connectivity index (χ0n) is 10.7. The standard InChI is InChI=1S/C13H23NO3/c1-14(7-12-3-2-5-16-8-12)9-13(10-15)4-6-17-11-13/h10,12H,2-9,11H2,1H3. The number of hydrogen-bond acceptors (Lipinski definition) is 4. The maximum absolute atomic E-state index is 11.2. The summed E-state index contributed by atoms with van der Waals surface area (Å²) in [6.07, 6.45) is 4.37. The Hall–Kier alpha value is -0.450. The van der Waals surface area contributed by atoms with Crippen molar-refractivity contribution in [3.05, 3.63) is 0 Å². The second-order valence-corrected chi connectivity index (χ2v) is 5.56. The summed E-state index contributed by atoms with van der Waals surface area (Å²) in [5.74, 6) is 0.625. The highest BCUT2D eigenvalue weighted by Gasteiger charge is 2.36. The molecule has 2 atom stereocenters. The van der Waals surface area contributed by atoms with E-state index in [-0.39, 0.29) is 5.41 Å². The van der Waals surface area contributed by atoms with Crippen LogP contribution in [0.2, 0.25) is 0 Å². The molecule has 2 aliphatic rings. The minimum absolute atomic E-state index is 0.260. The van der Waals surface area contributed by atoms with Gasteiger partial charge in [0.15, 0.2) is 0 Å². The largest absolute Gasteiger partial charge is 0.381 e. The van der Waals surface area contributed by atoms with Crippen LogP contribution in [0.25, 0.3) is 0 Å². The number of aldehydes is 1. The van der Waals surface area contributed by atoms with E-state index >= 15 is 0 Å². The molecule has 0 N–H and O–H groups in total. The summed E-state index contributed by atoms with van der Waals surface area (Å²) in [4.78, 5) is 13.5. The molecule has 4 heteroatoms. The van der Waals surface area contributed by atoms with Crippen LogP contribution in [0.3, 0.4) is 0 Å². The van der Waals surface area contributed by atoms with Gasteiger partial charge in [0.2, 0.25) is 0 Å². The lowest BCUT2D eigenvalue weighted by atomic mass is 9.88. The Morgan fingerprint density at radius 2 is 2.29 bits per heavy atom. The van der Waals surface area contributed by atoms with Crippen molar-refractivity contribution in [3.8, 4) is 0 Å². The van der Waals surface area contributed by atoms with Gasteiger partial charge in [0.05, 0.1) is 18.6 Å². The first-order chi connectivity index (χ1) is 8.24. The van der Waals surface area contributed by atoms with Gasteiger partial charge in [0, 0.05) is 26.3 Å². The van der Waals surface area contributed by atoms with Crippen LogP contribution < -0.4 is 0 Å². The zero-order chi connectivity index (χ0) is 12.1. The summed E-state index contributed by atoms with van der Waals surface area (Å²) in [6.45, 7) is 4.92. The number of carbonyl (C=O) groups is 1. The van der Waals surface area contributed by atoms with Crippen LogP contribution in [0.15, 0.2) is 0 Å². The molecular weight excluding hydrogens is 218 g/mol. The Bertz CT molecular complexity index is 245. The Morgan fingerprint density at radius 3 is 2.88 bits per heavy atom. The predicted molar refractivity (Wildman–Crippen MR) is 65.0 cm³/mol. The van der Waals surface area contributed by atoms with Crippen LogP contribution in [-0.2, 0) is 14.3 Å². The van der Waals surface area contributed by atoms with Crippen molar-refractivity contribution in [2.75, 3.05) is 46.6 Å². The van der Waals surface area contributed by atoms with Crippen molar-refractivity contribution >= 4 is 6.29 Å². The first-order valence-electron chi connectivity index (χ1n) is 6.54. The van der Waals surface area contributed by atoms with Gasteiger partial charge in [0.1, 0.15) is 6.29 Å². The van der Waals surface area contributed by atoms with Crippen molar-refractivity contribution in [2.45, 2.75) is 19.3 Å². The molecule has 0 radical (unpaired) electrons. The van der Waals surface area contributed by atoms with Gasteiger partial charge in [-0.05, 0) is 32.2 Å². The Kier molecular flexibility index (Phi) is 4.54. The monoisotopic (exact) mass is 241 g/mol. The van der Waals surface area contributed by atoms with E-state index < -0.39 is 0 Å². The maximum Gasteiger partial charge on any atom is 0.129 e. The average Bonchev–Trinajstić information content (AvgIpc) is 2.79. The van der Waals surface area contributed by atoms with Crippen LogP contribution in [-0.4, -0.2) is 57.8 Å². The number of ether oxygens (including phenoxy) is 2. The molecule has 0 saturated carbocycles. The fourth-order valence-corrected chi connectivity index (χ4v) is 2.87. The lowest BCUT2D eigenvalue weighted by molar-refractivity contribution is -0.117. The third-order valence-electron chi connectivity index (χ3n) is 3.79. The van der Waals surface area contributed by atoms with Crippen molar-refractivity contribution in [1.82, 2.24) is 4.90 Å². The first kappa shape index (κ1) is 13.0. The predicted octanol–water partition coefficient (Wildman–Crippen LogP) is 0.950. The number of nitrogens with zero attached hydrogens (tertiary/aromatic N) is 1. The molecule has 0 bridgehead atoms. The highest BCUT2D eigenvalue weighted by molar-refractivity contribution is 5.60. The van der Waals surface area contributed by atoms with Gasteiger partial charge in [0.25, 0.3) is 0 Å². The number of carbonyl (C=O) groups excluding carboxylic acids is 1. The summed E-state index contributed by atoms with van der Waals surface area (Å²) in [7, 11) is 2.10. The SMILES string of the molecule is CN(CC1CCCOC1)CC1(C=O)CCOC1. The molecule has 0 aliphatic carbocycles. The van der Waals surface area contributed by atoms with Crippen LogP contribution in [0.1, 0.15) is 19.3 Å². The lowest BCUT2D eigenvalue weighted by Crippen LogP contribution is -2.40. The molecule has 2 heterocycles. The molecule has 0 amide bonds. The van der Waals surface area contributed by atoms with Crippen molar-refractivity contribution in [3.63, 3.8) is 0 Å². The molecule has 2 rings (SSSR count). The molecule has 2 fully saturated rings. The van der Waals surface area contributed by atoms with Gasteiger partial charge < -0.3 is 19.2 Å². The molecule has 4 nitrogen and oxygen atoms in total. The molecule has 0 aromatic rings. The Morgan fingerprint density at radius 1 is 1.41 bits per heavy atom. The van der Waals surface area contributed by atoms with Crippen LogP contribution in [0.5, 0.6) is 0 Å². The van der Waals surface area contributed by atoms with E-state index in [0.717, 1.165) is 45.6 Å². The third-order valence-corrected chi connectivity index (χ3v) is 3.79. The van der Waals surface area contributed by atoms with E-state index in [1.165, 1.54) is 12.8 Å². The smallest absolute Gasteiger partial charge is 0.129 e. The molecule has 0 aromatic heterocycles. The average molecular weight is 241 g/mol. The first-order valence-corrected chi connectivity index (χ1v) is 6.54. The molecular formula is C13H23NO3. The van der Waals surface area contributed by atoms with E-state index in [4.69, 9.17) is 9.47 Å². The van der Waals surface area contributed by atoms with Gasteiger partial charge in [-0.3, -0.25) is 0 Å². The Labute approximate surface area is 103 Å². The minimum atomic E-state index is -0.260. The van der Waals surface area contributed by atoms with E-state index in [1.54, 1.807) is 0 Å². The molecule has 2 saturated heterocycles. The highest BCUT2D eigenvalue weighted by Crippen LogP contribution is 2.27. The maximum atomic E-state index is 11.2. The van der Waals surface area contributed by atoms with Crippen LogP contribution in [0.4, 0.5) is 0 Å². The van der Waals surface area contributed by atoms with E-state index in [9.17, 15) is 4.79 Å². The van der Waals surface area contributed by atoms with Gasteiger partial charge in [-0.25, -0.2) is 0 Å². The molecule has 98 valence electrons. The van der Waals surface area contributed by atoms with Gasteiger partial charge in [-0.2, -0.15) is 0 Å². The van der Waals surface area contributed by atoms with Gasteiger partial charge in [-0.15, -0.1) is 0 Å². The summed E-state index contributed by atoms with van der Waals surface area (Å²) >= 11 is 0. The fraction of sp³-hybridized carbons (Fsp3) is 0.923. The van der Waals surface area contributed by atoms with Crippen LogP contribution >= 0.6 is 0 Å². The van der Waals surface area contributed by atoms with Crippen molar-refractivity contribution in [2.24, 2.45) is 11.3 Å². The topological polar surface area (TPSA) is 38.8 Å². The van der Waals surface area contributed by atoms with Crippen molar-refractivity contribution in [1.29, 1.82) is 0 Å². The highest BCUT2D eigenvalue weighted by atomic mass is 16.5. The summed E-state index contributed by atoms with van der Waals surface area (Å²) in [6, 6.07) is 0. The molecule has 0 aromatic carbocycles. The van der Waals surface area contributed by atoms with Gasteiger partial charge >= 0.3 is 0 Å². The third kappa shape index (κ3) is 3.50. The minimum Gasteiger partial charge on any atom is -0.381 e. The summed E-state index contributed by atoms with van der Waals surface area (Å²) in [5, 5.41) is 0. The summed E-state index contributed by atoms with van der Waals surface area (Å²) < 4.78 is 10.8. The molecule has 2 aliphatic heterocycles. The van der Waals surface area contributed by atoms with E-state index in [0.29, 0.717) is 12.5 Å². The normalized spacial score (nSPS) is 34.1. The molecule has 0 spiro atoms. The van der Waals surface area contributed by atoms with Crippen molar-refractivity contribution < 1.29 is 14.3 Å². The number of hydrogen-bond donors (Lipinski definition) is 0. The molecule has 2 unspecified atom stereocenters. The fourth-order valence-electron chi connectivity index (χ4n) is 2.87. The van der Waals surface area contributed by atoms with Crippen LogP contribution in [0, 0.1) is 11.3 Å². The number of rotatable bonds is 5. The Balaban J connectivity index is 1.79. The quantitative estimate of drug-likeness (QED) is 0.672. The second-order valence-electron chi connectivity index (χ2n) is 5.56. The lowest BCUT2D eigenvalue weighted by Gasteiger charge is -2.31. The zero-order valence-corrected chi connectivity index (χ0v) is 10.7. The second kappa shape index (κ2) is 5.94. The van der Waals surface area contributed by atoms with Gasteiger partial charge in [-0.1, -0.05) is 0 Å². The summed E-state index contributed by atoms with van der Waals surface area (Å²) in [5.41, 5.74) is -0.260. The van der Waals surface area contributed by atoms with E-state index in [2.05, 4.69) is 11.9 Å². The molecule has 17 heavy (non-hydrogen) atoms.